The van der Waals surface area contributed by atoms with Gasteiger partial charge in [0.2, 0.25) is 10.0 Å². The van der Waals surface area contributed by atoms with E-state index in [9.17, 15) is 8.42 Å². The molecule has 1 N–H and O–H groups in total. The van der Waals surface area contributed by atoms with E-state index in [1.165, 1.54) is 0 Å². The number of rotatable bonds is 5. The smallest absolute Gasteiger partial charge is 0.241 e. The van der Waals surface area contributed by atoms with Crippen LogP contribution in [0.4, 0.5) is 5.69 Å². The molecule has 0 atom stereocenters. The van der Waals surface area contributed by atoms with E-state index in [2.05, 4.69) is 9.71 Å². The molecule has 1 heterocycles. The predicted molar refractivity (Wildman–Crippen MR) is 114 cm³/mol. The van der Waals surface area contributed by atoms with Gasteiger partial charge in [0.1, 0.15) is 0 Å². The Morgan fingerprint density at radius 3 is 2.43 bits per heavy atom. The van der Waals surface area contributed by atoms with Crippen LogP contribution in [0.25, 0.3) is 21.7 Å². The Labute approximate surface area is 164 Å². The third-order valence-electron chi connectivity index (χ3n) is 4.80. The second-order valence-electron chi connectivity index (χ2n) is 6.84. The Hall–Kier alpha value is -2.96. The molecular weight excluding hydrogens is 370 g/mol. The van der Waals surface area contributed by atoms with E-state index in [1.807, 2.05) is 73.6 Å². The van der Waals surface area contributed by atoms with E-state index in [-0.39, 0.29) is 11.4 Å². The zero-order chi connectivity index (χ0) is 19.7. The van der Waals surface area contributed by atoms with Gasteiger partial charge in [-0.25, -0.2) is 13.1 Å². The number of anilines is 1. The van der Waals surface area contributed by atoms with E-state index in [4.69, 9.17) is 0 Å². The van der Waals surface area contributed by atoms with E-state index in [0.29, 0.717) is 5.39 Å². The summed E-state index contributed by atoms with van der Waals surface area (Å²) in [6.07, 6.45) is 1.72. The monoisotopic (exact) mass is 391 g/mol. The van der Waals surface area contributed by atoms with Gasteiger partial charge >= 0.3 is 0 Å². The fraction of sp³-hybridized carbons (Fsp3) is 0.136. The third kappa shape index (κ3) is 3.32. The van der Waals surface area contributed by atoms with Crippen molar-refractivity contribution in [3.8, 4) is 0 Å². The van der Waals surface area contributed by atoms with Crippen LogP contribution in [-0.4, -0.2) is 27.5 Å². The van der Waals surface area contributed by atoms with Crippen LogP contribution in [0.5, 0.6) is 0 Å². The maximum atomic E-state index is 13.1. The van der Waals surface area contributed by atoms with Crippen molar-refractivity contribution in [2.24, 2.45) is 0 Å². The largest absolute Gasteiger partial charge is 0.377 e. The van der Waals surface area contributed by atoms with E-state index >= 15 is 0 Å². The molecule has 0 aliphatic carbocycles. The Balaban J connectivity index is 1.72. The first-order valence-corrected chi connectivity index (χ1v) is 10.5. The molecule has 0 fully saturated rings. The molecule has 28 heavy (non-hydrogen) atoms. The molecule has 0 amide bonds. The summed E-state index contributed by atoms with van der Waals surface area (Å²) in [6, 6.07) is 20.7. The third-order valence-corrected chi connectivity index (χ3v) is 6.26. The maximum absolute atomic E-state index is 13.1. The van der Waals surface area contributed by atoms with Crippen molar-refractivity contribution in [2.75, 3.05) is 19.0 Å². The van der Waals surface area contributed by atoms with Gasteiger partial charge in [0.25, 0.3) is 0 Å². The first kappa shape index (κ1) is 18.4. The van der Waals surface area contributed by atoms with Crippen LogP contribution in [0, 0.1) is 0 Å². The second-order valence-corrected chi connectivity index (χ2v) is 8.58. The van der Waals surface area contributed by atoms with Crippen LogP contribution in [0.1, 0.15) is 5.56 Å². The van der Waals surface area contributed by atoms with Crippen LogP contribution in [-0.2, 0) is 16.6 Å². The van der Waals surface area contributed by atoms with Crippen molar-refractivity contribution in [3.05, 3.63) is 78.5 Å². The van der Waals surface area contributed by atoms with Gasteiger partial charge in [-0.1, -0.05) is 48.5 Å². The standard InChI is InChI=1S/C22H21N3O2S/c1-25(2)20-12-4-11-19-18(20)10-5-13-21(19)28(26,27)24-15-17-8-3-7-16-9-6-14-23-22(16)17/h3-14,24H,15H2,1-2H3. The number of aromatic nitrogens is 1. The lowest BCUT2D eigenvalue weighted by Crippen LogP contribution is -2.23. The van der Waals surface area contributed by atoms with Crippen molar-refractivity contribution in [1.82, 2.24) is 9.71 Å². The second kappa shape index (κ2) is 7.22. The number of sulfonamides is 1. The fourth-order valence-electron chi connectivity index (χ4n) is 3.45. The molecule has 0 unspecified atom stereocenters. The van der Waals surface area contributed by atoms with Crippen molar-refractivity contribution < 1.29 is 8.42 Å². The Morgan fingerprint density at radius 1 is 0.893 bits per heavy atom. The Bertz CT molecular complexity index is 1260. The topological polar surface area (TPSA) is 62.3 Å². The predicted octanol–water partition coefficient (Wildman–Crippen LogP) is 3.93. The molecule has 5 nitrogen and oxygen atoms in total. The van der Waals surface area contributed by atoms with Gasteiger partial charge in [0.15, 0.2) is 0 Å². The number of nitrogens with one attached hydrogen (secondary N) is 1. The lowest BCUT2D eigenvalue weighted by molar-refractivity contribution is 0.582. The highest BCUT2D eigenvalue weighted by molar-refractivity contribution is 7.89. The number of fused-ring (bicyclic) bond motifs is 2. The minimum absolute atomic E-state index is 0.181. The molecule has 3 aromatic carbocycles. The molecule has 0 radical (unpaired) electrons. The fourth-order valence-corrected chi connectivity index (χ4v) is 4.68. The number of benzene rings is 3. The zero-order valence-electron chi connectivity index (χ0n) is 15.8. The highest BCUT2D eigenvalue weighted by Gasteiger charge is 2.18. The van der Waals surface area contributed by atoms with Crippen molar-refractivity contribution in [1.29, 1.82) is 0 Å². The summed E-state index contributed by atoms with van der Waals surface area (Å²) in [6.45, 7) is 0.181. The Kier molecular flexibility index (Phi) is 4.75. The van der Waals surface area contributed by atoms with Gasteiger partial charge in [-0.05, 0) is 23.8 Å². The lowest BCUT2D eigenvalue weighted by atomic mass is 10.1. The van der Waals surface area contributed by atoms with Crippen LogP contribution in [0.2, 0.25) is 0 Å². The van der Waals surface area contributed by atoms with Crippen molar-refractivity contribution >= 4 is 37.4 Å². The first-order chi connectivity index (χ1) is 13.5. The molecule has 1 aromatic heterocycles. The first-order valence-electron chi connectivity index (χ1n) is 8.99. The van der Waals surface area contributed by atoms with Crippen LogP contribution < -0.4 is 9.62 Å². The summed E-state index contributed by atoms with van der Waals surface area (Å²) in [5.41, 5.74) is 2.63. The van der Waals surface area contributed by atoms with E-state index < -0.39 is 10.0 Å². The van der Waals surface area contributed by atoms with Gasteiger partial charge in [0.05, 0.1) is 10.4 Å². The highest BCUT2D eigenvalue weighted by Crippen LogP contribution is 2.30. The number of hydrogen-bond donors (Lipinski definition) is 1. The van der Waals surface area contributed by atoms with E-state index in [1.54, 1.807) is 18.3 Å². The molecule has 0 saturated heterocycles. The summed E-state index contributed by atoms with van der Waals surface area (Å²) in [4.78, 5) is 6.65. The SMILES string of the molecule is CN(C)c1cccc2c(S(=O)(=O)NCc3cccc4cccnc34)cccc12. The average molecular weight is 391 g/mol. The van der Waals surface area contributed by atoms with Crippen molar-refractivity contribution in [2.45, 2.75) is 11.4 Å². The highest BCUT2D eigenvalue weighted by atomic mass is 32.2. The number of nitrogens with zero attached hydrogens (tertiary/aromatic N) is 2. The lowest BCUT2D eigenvalue weighted by Gasteiger charge is -2.17. The van der Waals surface area contributed by atoms with E-state index in [0.717, 1.165) is 27.5 Å². The van der Waals surface area contributed by atoms with Crippen LogP contribution >= 0.6 is 0 Å². The van der Waals surface area contributed by atoms with Crippen LogP contribution in [0.3, 0.4) is 0 Å². The average Bonchev–Trinajstić information content (AvgIpc) is 2.71. The number of para-hydroxylation sites is 1. The van der Waals surface area contributed by atoms with Gasteiger partial charge in [0, 0.05) is 48.7 Å². The Morgan fingerprint density at radius 2 is 1.61 bits per heavy atom. The molecule has 0 bridgehead atoms. The zero-order valence-corrected chi connectivity index (χ0v) is 16.6. The van der Waals surface area contributed by atoms with Crippen molar-refractivity contribution in [3.63, 3.8) is 0 Å². The molecule has 142 valence electrons. The summed E-state index contributed by atoms with van der Waals surface area (Å²) in [5.74, 6) is 0. The summed E-state index contributed by atoms with van der Waals surface area (Å²) >= 11 is 0. The van der Waals surface area contributed by atoms with Gasteiger partial charge in [-0.15, -0.1) is 0 Å². The minimum Gasteiger partial charge on any atom is -0.377 e. The molecule has 0 aliphatic rings. The molecule has 0 saturated carbocycles. The minimum atomic E-state index is -3.69. The number of hydrogen-bond acceptors (Lipinski definition) is 4. The van der Waals surface area contributed by atoms with Gasteiger partial charge in [-0.3, -0.25) is 4.98 Å². The van der Waals surface area contributed by atoms with Gasteiger partial charge < -0.3 is 4.90 Å². The molecule has 0 spiro atoms. The molecular formula is C22H21N3O2S. The van der Waals surface area contributed by atoms with Gasteiger partial charge in [-0.2, -0.15) is 0 Å². The number of pyridine rings is 1. The summed E-state index contributed by atoms with van der Waals surface area (Å²) in [7, 11) is 0.200. The summed E-state index contributed by atoms with van der Waals surface area (Å²) < 4.78 is 28.9. The molecule has 4 aromatic rings. The quantitative estimate of drug-likeness (QED) is 0.560. The van der Waals surface area contributed by atoms with Crippen LogP contribution in [0.15, 0.2) is 77.8 Å². The molecule has 6 heteroatoms. The summed E-state index contributed by atoms with van der Waals surface area (Å²) in [5, 5.41) is 2.60. The molecule has 0 aliphatic heterocycles. The molecule has 4 rings (SSSR count). The normalized spacial score (nSPS) is 11.8. The maximum Gasteiger partial charge on any atom is 0.241 e.